The van der Waals surface area contributed by atoms with Crippen molar-refractivity contribution >= 4 is 40.2 Å². The number of likely N-dealkylation sites (tertiary alicyclic amines) is 1. The molecule has 6 heteroatoms. The standard InChI is InChI=1S/C19H23ClN2O2S/c1-3-24-19(23)13-6-8-22(9-7-13)12-15-10-14-4-5-16(25-2)11-17(14)21-18(15)20/h4-5,10-11,13H,3,6-9,12H2,1-2H3. The summed E-state index contributed by atoms with van der Waals surface area (Å²) in [4.78, 5) is 19.9. The van der Waals surface area contributed by atoms with Gasteiger partial charge in [0.25, 0.3) is 0 Å². The zero-order valence-corrected chi connectivity index (χ0v) is 16.2. The molecule has 0 unspecified atom stereocenters. The molecular weight excluding hydrogens is 356 g/mol. The van der Waals surface area contributed by atoms with Gasteiger partial charge >= 0.3 is 5.97 Å². The van der Waals surface area contributed by atoms with E-state index < -0.39 is 0 Å². The summed E-state index contributed by atoms with van der Waals surface area (Å²) >= 11 is 8.12. The predicted molar refractivity (Wildman–Crippen MR) is 103 cm³/mol. The highest BCUT2D eigenvalue weighted by atomic mass is 35.5. The van der Waals surface area contributed by atoms with Gasteiger partial charge in [0, 0.05) is 22.4 Å². The maximum Gasteiger partial charge on any atom is 0.309 e. The fourth-order valence-electron chi connectivity index (χ4n) is 3.23. The van der Waals surface area contributed by atoms with Crippen LogP contribution in [0.3, 0.4) is 0 Å². The third kappa shape index (κ3) is 4.46. The van der Waals surface area contributed by atoms with Crippen molar-refractivity contribution in [1.29, 1.82) is 0 Å². The van der Waals surface area contributed by atoms with Crippen LogP contribution in [0.4, 0.5) is 0 Å². The van der Waals surface area contributed by atoms with Crippen molar-refractivity contribution in [3.63, 3.8) is 0 Å². The summed E-state index contributed by atoms with van der Waals surface area (Å²) in [5, 5.41) is 1.68. The Hall–Kier alpha value is -1.30. The summed E-state index contributed by atoms with van der Waals surface area (Å²) in [5.74, 6) is -0.0245. The van der Waals surface area contributed by atoms with Gasteiger partial charge in [-0.15, -0.1) is 11.8 Å². The average molecular weight is 379 g/mol. The number of thioether (sulfide) groups is 1. The van der Waals surface area contributed by atoms with Crippen LogP contribution in [0.1, 0.15) is 25.3 Å². The molecule has 25 heavy (non-hydrogen) atoms. The molecule has 1 aliphatic rings. The first-order valence-electron chi connectivity index (χ1n) is 8.63. The summed E-state index contributed by atoms with van der Waals surface area (Å²) in [6.07, 6.45) is 3.74. The number of carbonyl (C=O) groups excluding carboxylic acids is 1. The number of fused-ring (bicyclic) bond motifs is 1. The van der Waals surface area contributed by atoms with E-state index in [1.165, 1.54) is 4.90 Å². The van der Waals surface area contributed by atoms with E-state index in [9.17, 15) is 4.79 Å². The molecule has 3 rings (SSSR count). The van der Waals surface area contributed by atoms with Gasteiger partial charge in [-0.25, -0.2) is 4.98 Å². The van der Waals surface area contributed by atoms with Crippen LogP contribution in [0.2, 0.25) is 5.15 Å². The van der Waals surface area contributed by atoms with Gasteiger partial charge in [-0.2, -0.15) is 0 Å². The highest BCUT2D eigenvalue weighted by Crippen LogP contribution is 2.27. The molecule has 0 bridgehead atoms. The van der Waals surface area contributed by atoms with Crippen LogP contribution in [-0.2, 0) is 16.1 Å². The van der Waals surface area contributed by atoms with Crippen molar-refractivity contribution < 1.29 is 9.53 Å². The molecule has 0 atom stereocenters. The Labute approximate surface area is 157 Å². The molecule has 134 valence electrons. The van der Waals surface area contributed by atoms with E-state index in [4.69, 9.17) is 16.3 Å². The summed E-state index contributed by atoms with van der Waals surface area (Å²) in [5.41, 5.74) is 1.97. The number of carbonyl (C=O) groups is 1. The first kappa shape index (κ1) is 18.5. The van der Waals surface area contributed by atoms with Crippen LogP contribution >= 0.6 is 23.4 Å². The fourth-order valence-corrected chi connectivity index (χ4v) is 3.87. The number of aromatic nitrogens is 1. The Bertz CT molecular complexity index is 760. The Balaban J connectivity index is 1.67. The second-order valence-electron chi connectivity index (χ2n) is 6.30. The molecule has 1 saturated heterocycles. The second-order valence-corrected chi connectivity index (χ2v) is 7.54. The minimum atomic E-state index is -0.0582. The zero-order valence-electron chi connectivity index (χ0n) is 14.6. The number of hydrogen-bond donors (Lipinski definition) is 0. The number of piperidine rings is 1. The van der Waals surface area contributed by atoms with Crippen molar-refractivity contribution in [1.82, 2.24) is 9.88 Å². The van der Waals surface area contributed by atoms with E-state index in [0.717, 1.165) is 48.9 Å². The topological polar surface area (TPSA) is 42.4 Å². The highest BCUT2D eigenvalue weighted by Gasteiger charge is 2.26. The first-order chi connectivity index (χ1) is 12.1. The molecule has 0 N–H and O–H groups in total. The summed E-state index contributed by atoms with van der Waals surface area (Å²) in [6, 6.07) is 8.41. The van der Waals surface area contributed by atoms with Gasteiger partial charge in [0.1, 0.15) is 5.15 Å². The van der Waals surface area contributed by atoms with Gasteiger partial charge in [-0.3, -0.25) is 9.69 Å². The van der Waals surface area contributed by atoms with Crippen LogP contribution < -0.4 is 0 Å². The lowest BCUT2D eigenvalue weighted by Crippen LogP contribution is -2.36. The molecule has 0 aliphatic carbocycles. The number of benzene rings is 1. The van der Waals surface area contributed by atoms with E-state index in [-0.39, 0.29) is 11.9 Å². The lowest BCUT2D eigenvalue weighted by atomic mass is 9.96. The lowest BCUT2D eigenvalue weighted by molar-refractivity contribution is -0.149. The van der Waals surface area contributed by atoms with E-state index in [1.807, 2.05) is 6.92 Å². The van der Waals surface area contributed by atoms with Crippen LogP contribution in [-0.4, -0.2) is 41.8 Å². The van der Waals surface area contributed by atoms with Crippen LogP contribution in [0.15, 0.2) is 29.2 Å². The van der Waals surface area contributed by atoms with Gasteiger partial charge in [0.05, 0.1) is 18.0 Å². The van der Waals surface area contributed by atoms with Gasteiger partial charge in [0.15, 0.2) is 0 Å². The zero-order chi connectivity index (χ0) is 17.8. The summed E-state index contributed by atoms with van der Waals surface area (Å²) in [7, 11) is 0. The number of pyridine rings is 1. The van der Waals surface area contributed by atoms with E-state index in [0.29, 0.717) is 11.8 Å². The number of ether oxygens (including phenoxy) is 1. The average Bonchev–Trinajstić information content (AvgIpc) is 2.62. The Morgan fingerprint density at radius 1 is 1.36 bits per heavy atom. The van der Waals surface area contributed by atoms with Gasteiger partial charge < -0.3 is 4.74 Å². The SMILES string of the molecule is CCOC(=O)C1CCN(Cc2cc3ccc(SC)cc3nc2Cl)CC1. The number of halogens is 1. The van der Waals surface area contributed by atoms with Crippen LogP contribution in [0, 0.1) is 5.92 Å². The van der Waals surface area contributed by atoms with Crippen molar-refractivity contribution in [3.8, 4) is 0 Å². The summed E-state index contributed by atoms with van der Waals surface area (Å²) < 4.78 is 5.13. The van der Waals surface area contributed by atoms with Crippen LogP contribution in [0.25, 0.3) is 10.9 Å². The molecule has 2 heterocycles. The highest BCUT2D eigenvalue weighted by molar-refractivity contribution is 7.98. The Kier molecular flexibility index (Phi) is 6.20. The molecule has 1 aromatic carbocycles. The summed E-state index contributed by atoms with van der Waals surface area (Å²) in [6.45, 7) is 4.83. The first-order valence-corrected chi connectivity index (χ1v) is 10.2. The molecule has 1 aliphatic heterocycles. The molecule has 0 amide bonds. The quantitative estimate of drug-likeness (QED) is 0.438. The smallest absolute Gasteiger partial charge is 0.309 e. The molecule has 0 radical (unpaired) electrons. The van der Waals surface area contributed by atoms with Crippen molar-refractivity contribution in [2.24, 2.45) is 5.92 Å². The third-order valence-corrected chi connectivity index (χ3v) is 5.70. The molecule has 4 nitrogen and oxygen atoms in total. The third-order valence-electron chi connectivity index (χ3n) is 4.65. The fraction of sp³-hybridized carbons (Fsp3) is 0.474. The number of hydrogen-bond acceptors (Lipinski definition) is 5. The van der Waals surface area contributed by atoms with E-state index in [1.54, 1.807) is 11.8 Å². The Morgan fingerprint density at radius 3 is 2.80 bits per heavy atom. The van der Waals surface area contributed by atoms with E-state index in [2.05, 4.69) is 40.4 Å². The molecule has 1 fully saturated rings. The maximum atomic E-state index is 11.8. The van der Waals surface area contributed by atoms with Gasteiger partial charge in [-0.1, -0.05) is 17.7 Å². The molecule has 2 aromatic rings. The van der Waals surface area contributed by atoms with Crippen molar-refractivity contribution in [3.05, 3.63) is 35.0 Å². The normalized spacial score (nSPS) is 16.3. The van der Waals surface area contributed by atoms with Crippen molar-refractivity contribution in [2.45, 2.75) is 31.2 Å². The minimum Gasteiger partial charge on any atom is -0.466 e. The van der Waals surface area contributed by atoms with Gasteiger partial charge in [0.2, 0.25) is 0 Å². The lowest BCUT2D eigenvalue weighted by Gasteiger charge is -2.30. The minimum absolute atomic E-state index is 0.0337. The largest absolute Gasteiger partial charge is 0.466 e. The number of rotatable bonds is 5. The number of nitrogens with zero attached hydrogens (tertiary/aromatic N) is 2. The van der Waals surface area contributed by atoms with E-state index >= 15 is 0 Å². The monoisotopic (exact) mass is 378 g/mol. The second kappa shape index (κ2) is 8.39. The predicted octanol–water partition coefficient (Wildman–Crippen LogP) is 4.39. The molecule has 0 spiro atoms. The van der Waals surface area contributed by atoms with Crippen molar-refractivity contribution in [2.75, 3.05) is 26.0 Å². The number of esters is 1. The Morgan fingerprint density at radius 2 is 2.12 bits per heavy atom. The maximum absolute atomic E-state index is 11.8. The van der Waals surface area contributed by atoms with Crippen LogP contribution in [0.5, 0.6) is 0 Å². The molecule has 0 saturated carbocycles. The molecular formula is C19H23ClN2O2S. The molecule has 1 aromatic heterocycles. The van der Waals surface area contributed by atoms with Gasteiger partial charge in [-0.05, 0) is 57.3 Å².